The number of allylic oxidation sites excluding steroid dienone is 2. The lowest BCUT2D eigenvalue weighted by Crippen LogP contribution is -2.30. The fourth-order valence-corrected chi connectivity index (χ4v) is 2.14. The standard InChI is InChI=1S/C14H7F3N2O2/c15-9-1-7(2-10(16)3-9)12-8(5-18)4-14(17,21)13(20)11(12)6-19/h1-4,12,20-21H. The number of hydrogen-bond donors (Lipinski definition) is 2. The average molecular weight is 292 g/mol. The Kier molecular flexibility index (Phi) is 3.46. The molecule has 0 aromatic heterocycles. The summed E-state index contributed by atoms with van der Waals surface area (Å²) in [7, 11) is 0. The highest BCUT2D eigenvalue weighted by atomic mass is 19.2. The first-order chi connectivity index (χ1) is 9.80. The third kappa shape index (κ3) is 2.47. The van der Waals surface area contributed by atoms with Crippen LogP contribution in [0.25, 0.3) is 0 Å². The number of hydrogen-bond acceptors (Lipinski definition) is 4. The summed E-state index contributed by atoms with van der Waals surface area (Å²) in [5.41, 5.74) is -1.29. The second-order valence-corrected chi connectivity index (χ2v) is 4.39. The van der Waals surface area contributed by atoms with Crippen molar-refractivity contribution < 1.29 is 23.4 Å². The van der Waals surface area contributed by atoms with E-state index in [0.29, 0.717) is 12.1 Å². The maximum atomic E-state index is 13.7. The van der Waals surface area contributed by atoms with Crippen LogP contribution in [0.1, 0.15) is 11.5 Å². The van der Waals surface area contributed by atoms with Gasteiger partial charge in [0.15, 0.2) is 5.76 Å². The summed E-state index contributed by atoms with van der Waals surface area (Å²) in [5, 5.41) is 36.9. The minimum Gasteiger partial charge on any atom is -0.506 e. The molecule has 106 valence electrons. The van der Waals surface area contributed by atoms with Crippen LogP contribution in [-0.2, 0) is 0 Å². The Balaban J connectivity index is 2.71. The van der Waals surface area contributed by atoms with Crippen LogP contribution in [0.3, 0.4) is 0 Å². The Morgan fingerprint density at radius 3 is 2.14 bits per heavy atom. The molecule has 0 amide bonds. The molecule has 4 nitrogen and oxygen atoms in total. The molecule has 0 spiro atoms. The van der Waals surface area contributed by atoms with E-state index in [1.54, 1.807) is 6.07 Å². The van der Waals surface area contributed by atoms with Crippen LogP contribution in [0.4, 0.5) is 13.2 Å². The van der Waals surface area contributed by atoms with Crippen molar-refractivity contribution >= 4 is 0 Å². The predicted octanol–water partition coefficient (Wildman–Crippen LogP) is 2.51. The van der Waals surface area contributed by atoms with Gasteiger partial charge in [-0.15, -0.1) is 0 Å². The zero-order chi connectivity index (χ0) is 15.8. The maximum absolute atomic E-state index is 13.7. The van der Waals surface area contributed by atoms with Gasteiger partial charge in [-0.05, 0) is 17.7 Å². The number of aliphatic hydroxyl groups excluding tert-OH is 1. The summed E-state index contributed by atoms with van der Waals surface area (Å²) < 4.78 is 40.2. The van der Waals surface area contributed by atoms with Gasteiger partial charge < -0.3 is 10.2 Å². The summed E-state index contributed by atoms with van der Waals surface area (Å²) in [6, 6.07) is 5.30. The highest BCUT2D eigenvalue weighted by Gasteiger charge is 2.42. The second-order valence-electron chi connectivity index (χ2n) is 4.39. The molecule has 1 aliphatic rings. The van der Waals surface area contributed by atoms with Gasteiger partial charge >= 0.3 is 0 Å². The molecule has 0 aliphatic heterocycles. The molecule has 7 heteroatoms. The Morgan fingerprint density at radius 1 is 1.10 bits per heavy atom. The Bertz CT molecular complexity index is 734. The van der Waals surface area contributed by atoms with Gasteiger partial charge in [-0.3, -0.25) is 0 Å². The molecule has 1 aromatic rings. The quantitative estimate of drug-likeness (QED) is 0.832. The van der Waals surface area contributed by atoms with E-state index < -0.39 is 40.3 Å². The van der Waals surface area contributed by atoms with Crippen molar-refractivity contribution in [1.29, 1.82) is 10.5 Å². The normalized spacial score (nSPS) is 25.0. The number of halogens is 3. The highest BCUT2D eigenvalue weighted by molar-refractivity contribution is 5.55. The number of aliphatic hydroxyl groups is 2. The molecule has 0 heterocycles. The fraction of sp³-hybridized carbons (Fsp3) is 0.143. The lowest BCUT2D eigenvalue weighted by atomic mass is 9.79. The first-order valence-electron chi connectivity index (χ1n) is 5.64. The predicted molar refractivity (Wildman–Crippen MR) is 64.1 cm³/mol. The number of rotatable bonds is 1. The van der Waals surface area contributed by atoms with Crippen molar-refractivity contribution in [2.24, 2.45) is 0 Å². The third-order valence-electron chi connectivity index (χ3n) is 3.00. The van der Waals surface area contributed by atoms with E-state index in [-0.39, 0.29) is 5.56 Å². The van der Waals surface area contributed by atoms with E-state index >= 15 is 0 Å². The first-order valence-corrected chi connectivity index (χ1v) is 5.64. The average Bonchev–Trinajstić information content (AvgIpc) is 2.39. The Labute approximate surface area is 117 Å². The van der Waals surface area contributed by atoms with Crippen molar-refractivity contribution in [3.05, 3.63) is 58.4 Å². The molecule has 2 unspecified atom stereocenters. The van der Waals surface area contributed by atoms with Crippen molar-refractivity contribution in [2.75, 3.05) is 0 Å². The van der Waals surface area contributed by atoms with Gasteiger partial charge in [0.1, 0.15) is 11.6 Å². The molecular weight excluding hydrogens is 285 g/mol. The van der Waals surface area contributed by atoms with Gasteiger partial charge in [0, 0.05) is 17.7 Å². The minimum atomic E-state index is -3.38. The van der Waals surface area contributed by atoms with Gasteiger partial charge in [-0.2, -0.15) is 14.9 Å². The fourth-order valence-electron chi connectivity index (χ4n) is 2.14. The van der Waals surface area contributed by atoms with Crippen molar-refractivity contribution in [3.63, 3.8) is 0 Å². The summed E-state index contributed by atoms with van der Waals surface area (Å²) >= 11 is 0. The molecule has 0 fully saturated rings. The summed E-state index contributed by atoms with van der Waals surface area (Å²) in [5.74, 6) is -7.96. The maximum Gasteiger partial charge on any atom is 0.286 e. The Hall–Kier alpha value is -2.77. The molecule has 2 rings (SSSR count). The number of nitrogens with zero attached hydrogens (tertiary/aromatic N) is 2. The van der Waals surface area contributed by atoms with E-state index in [4.69, 9.17) is 10.5 Å². The number of alkyl halides is 1. The van der Waals surface area contributed by atoms with Crippen molar-refractivity contribution in [2.45, 2.75) is 11.8 Å². The van der Waals surface area contributed by atoms with Crippen LogP contribution in [0.15, 0.2) is 41.2 Å². The summed E-state index contributed by atoms with van der Waals surface area (Å²) in [6.45, 7) is 0. The van der Waals surface area contributed by atoms with Crippen LogP contribution in [0.2, 0.25) is 0 Å². The van der Waals surface area contributed by atoms with Crippen LogP contribution < -0.4 is 0 Å². The molecule has 0 saturated carbocycles. The Morgan fingerprint density at radius 2 is 1.67 bits per heavy atom. The molecule has 1 aliphatic carbocycles. The molecule has 0 radical (unpaired) electrons. The van der Waals surface area contributed by atoms with E-state index in [1.807, 2.05) is 0 Å². The lowest BCUT2D eigenvalue weighted by Gasteiger charge is -2.26. The molecule has 1 aromatic carbocycles. The molecule has 0 saturated heterocycles. The first kappa shape index (κ1) is 14.6. The van der Waals surface area contributed by atoms with Gasteiger partial charge in [0.2, 0.25) is 0 Å². The zero-order valence-corrected chi connectivity index (χ0v) is 10.3. The van der Waals surface area contributed by atoms with Crippen LogP contribution in [-0.4, -0.2) is 16.1 Å². The van der Waals surface area contributed by atoms with E-state index in [0.717, 1.165) is 12.1 Å². The van der Waals surface area contributed by atoms with Gasteiger partial charge in [0.25, 0.3) is 5.85 Å². The molecular formula is C14H7F3N2O2. The molecule has 0 bridgehead atoms. The number of benzene rings is 1. The van der Waals surface area contributed by atoms with Gasteiger partial charge in [0.05, 0.1) is 23.6 Å². The highest BCUT2D eigenvalue weighted by Crippen LogP contribution is 2.41. The third-order valence-corrected chi connectivity index (χ3v) is 3.00. The van der Waals surface area contributed by atoms with Crippen molar-refractivity contribution in [1.82, 2.24) is 0 Å². The lowest BCUT2D eigenvalue weighted by molar-refractivity contribution is -0.0424. The monoisotopic (exact) mass is 292 g/mol. The smallest absolute Gasteiger partial charge is 0.286 e. The van der Waals surface area contributed by atoms with E-state index in [2.05, 4.69) is 0 Å². The second kappa shape index (κ2) is 4.97. The van der Waals surface area contributed by atoms with Gasteiger partial charge in [-0.1, -0.05) is 0 Å². The zero-order valence-electron chi connectivity index (χ0n) is 10.3. The summed E-state index contributed by atoms with van der Waals surface area (Å²) in [4.78, 5) is 0. The summed E-state index contributed by atoms with van der Waals surface area (Å²) in [6.07, 6.45) is 0.399. The van der Waals surface area contributed by atoms with Crippen LogP contribution in [0.5, 0.6) is 0 Å². The SMILES string of the molecule is N#CC1=CC(O)(F)C(O)=C(C#N)C1c1cc(F)cc(F)c1. The number of nitriles is 2. The topological polar surface area (TPSA) is 88.0 Å². The van der Waals surface area contributed by atoms with E-state index in [1.165, 1.54) is 6.07 Å². The van der Waals surface area contributed by atoms with E-state index in [9.17, 15) is 23.4 Å². The molecule has 2 N–H and O–H groups in total. The largest absolute Gasteiger partial charge is 0.506 e. The van der Waals surface area contributed by atoms with Crippen molar-refractivity contribution in [3.8, 4) is 12.1 Å². The van der Waals surface area contributed by atoms with Crippen LogP contribution >= 0.6 is 0 Å². The van der Waals surface area contributed by atoms with Gasteiger partial charge in [-0.25, -0.2) is 8.78 Å². The molecule has 21 heavy (non-hydrogen) atoms. The molecule has 2 atom stereocenters. The minimum absolute atomic E-state index is 0.154. The van der Waals surface area contributed by atoms with Crippen LogP contribution in [0, 0.1) is 34.3 Å².